The second-order valence-corrected chi connectivity index (χ2v) is 2.33. The Kier molecular flexibility index (Phi) is 6.66. The van der Waals surface area contributed by atoms with E-state index >= 15 is 0 Å². The van der Waals surface area contributed by atoms with Crippen LogP contribution in [0.4, 0.5) is 4.39 Å². The number of halogens is 1. The number of ether oxygens (including phenoxy) is 2. The smallest absolute Gasteiger partial charge is 0.340 e. The Morgan fingerprint density at radius 3 is 2.67 bits per heavy atom. The fraction of sp³-hybridized carbons (Fsp3) is 0.875. The Morgan fingerprint density at radius 1 is 1.50 bits per heavy atom. The molecule has 0 bridgehead atoms. The quantitative estimate of drug-likeness (QED) is 0.454. The Hall–Kier alpha value is -0.640. The third-order valence-electron chi connectivity index (χ3n) is 1.21. The van der Waals surface area contributed by atoms with Gasteiger partial charge < -0.3 is 9.47 Å². The van der Waals surface area contributed by atoms with Gasteiger partial charge in [0.05, 0.1) is 6.61 Å². The van der Waals surface area contributed by atoms with E-state index in [1.54, 1.807) is 0 Å². The zero-order valence-electron chi connectivity index (χ0n) is 7.51. The van der Waals surface area contributed by atoms with Gasteiger partial charge in [-0.3, -0.25) is 0 Å². The molecule has 0 spiro atoms. The zero-order valence-corrected chi connectivity index (χ0v) is 7.51. The molecule has 0 rings (SSSR count). The van der Waals surface area contributed by atoms with E-state index in [1.165, 1.54) is 0 Å². The highest BCUT2D eigenvalue weighted by atomic mass is 19.1. The minimum Gasteiger partial charge on any atom is -0.463 e. The summed E-state index contributed by atoms with van der Waals surface area (Å²) in [5.41, 5.74) is 0. The van der Waals surface area contributed by atoms with Crippen LogP contribution in [0.1, 0.15) is 20.3 Å². The van der Waals surface area contributed by atoms with Gasteiger partial charge in [-0.15, -0.1) is 0 Å². The highest BCUT2D eigenvalue weighted by molar-refractivity contribution is 5.73. The van der Waals surface area contributed by atoms with Crippen molar-refractivity contribution in [2.45, 2.75) is 26.4 Å². The van der Waals surface area contributed by atoms with Crippen LogP contribution >= 0.6 is 0 Å². The summed E-state index contributed by atoms with van der Waals surface area (Å²) >= 11 is 0. The molecule has 0 aromatic carbocycles. The predicted octanol–water partition coefficient (Wildman–Crippen LogP) is 1.31. The monoisotopic (exact) mass is 178 g/mol. The Labute approximate surface area is 71.8 Å². The first-order valence-corrected chi connectivity index (χ1v) is 4.07. The summed E-state index contributed by atoms with van der Waals surface area (Å²) in [6, 6.07) is 0. The molecule has 0 aliphatic heterocycles. The minimum absolute atomic E-state index is 0.229. The molecular formula is C8H15FO3. The lowest BCUT2D eigenvalue weighted by atomic mass is 10.4. The van der Waals surface area contributed by atoms with E-state index in [0.717, 1.165) is 6.92 Å². The maximum absolute atomic E-state index is 12.2. The molecule has 0 aliphatic rings. The van der Waals surface area contributed by atoms with Crippen LogP contribution in [0, 0.1) is 0 Å². The first-order valence-electron chi connectivity index (χ1n) is 4.07. The van der Waals surface area contributed by atoms with Crippen LogP contribution in [0.25, 0.3) is 0 Å². The lowest BCUT2D eigenvalue weighted by Gasteiger charge is -2.04. The van der Waals surface area contributed by atoms with E-state index in [0.29, 0.717) is 19.6 Å². The number of hydrogen-bond acceptors (Lipinski definition) is 3. The maximum atomic E-state index is 12.2. The molecule has 72 valence electrons. The lowest BCUT2D eigenvalue weighted by Crippen LogP contribution is -2.16. The van der Waals surface area contributed by atoms with Crippen molar-refractivity contribution in [3.05, 3.63) is 0 Å². The van der Waals surface area contributed by atoms with E-state index in [2.05, 4.69) is 4.74 Å². The fourth-order valence-electron chi connectivity index (χ4n) is 0.593. The average Bonchev–Trinajstić information content (AvgIpc) is 2.03. The van der Waals surface area contributed by atoms with Gasteiger partial charge in [0.15, 0.2) is 6.17 Å². The molecule has 0 aliphatic carbocycles. The number of carbonyl (C=O) groups excluding carboxylic acids is 1. The molecule has 0 saturated heterocycles. The van der Waals surface area contributed by atoms with Crippen molar-refractivity contribution in [2.24, 2.45) is 0 Å². The summed E-state index contributed by atoms with van der Waals surface area (Å²) in [6.07, 6.45) is -0.913. The lowest BCUT2D eigenvalue weighted by molar-refractivity contribution is -0.149. The summed E-state index contributed by atoms with van der Waals surface area (Å²) in [7, 11) is 0. The van der Waals surface area contributed by atoms with Crippen LogP contribution in [-0.2, 0) is 14.3 Å². The Morgan fingerprint density at radius 2 is 2.17 bits per heavy atom. The highest BCUT2D eigenvalue weighted by Gasteiger charge is 2.11. The van der Waals surface area contributed by atoms with E-state index in [9.17, 15) is 9.18 Å². The molecule has 0 aromatic rings. The minimum atomic E-state index is -1.53. The molecule has 0 amide bonds. The normalized spacial score (nSPS) is 12.6. The van der Waals surface area contributed by atoms with E-state index in [-0.39, 0.29) is 6.61 Å². The molecule has 1 unspecified atom stereocenters. The fourth-order valence-corrected chi connectivity index (χ4v) is 0.593. The average molecular weight is 178 g/mol. The van der Waals surface area contributed by atoms with Gasteiger partial charge in [-0.1, -0.05) is 0 Å². The number of alkyl halides is 1. The van der Waals surface area contributed by atoms with Crippen molar-refractivity contribution in [3.8, 4) is 0 Å². The third-order valence-corrected chi connectivity index (χ3v) is 1.21. The summed E-state index contributed by atoms with van der Waals surface area (Å²) < 4.78 is 21.7. The molecule has 12 heavy (non-hydrogen) atoms. The third kappa shape index (κ3) is 6.09. The van der Waals surface area contributed by atoms with Crippen LogP contribution in [-0.4, -0.2) is 32.0 Å². The summed E-state index contributed by atoms with van der Waals surface area (Å²) in [6.45, 7) is 4.46. The summed E-state index contributed by atoms with van der Waals surface area (Å²) in [5.74, 6) is -0.800. The Bertz CT molecular complexity index is 125. The molecule has 0 saturated carbocycles. The van der Waals surface area contributed by atoms with Crippen molar-refractivity contribution in [1.82, 2.24) is 0 Å². The highest BCUT2D eigenvalue weighted by Crippen LogP contribution is 1.93. The van der Waals surface area contributed by atoms with Crippen molar-refractivity contribution in [3.63, 3.8) is 0 Å². The van der Waals surface area contributed by atoms with Gasteiger partial charge in [0, 0.05) is 19.6 Å². The zero-order chi connectivity index (χ0) is 9.40. The van der Waals surface area contributed by atoms with Crippen LogP contribution in [0.5, 0.6) is 0 Å². The SMILES string of the molecule is CCOCCCOC(=O)C(C)F. The second kappa shape index (κ2) is 7.03. The first-order chi connectivity index (χ1) is 5.68. The molecule has 0 fully saturated rings. The van der Waals surface area contributed by atoms with Crippen molar-refractivity contribution >= 4 is 5.97 Å². The molecule has 4 heteroatoms. The van der Waals surface area contributed by atoms with Crippen LogP contribution in [0.3, 0.4) is 0 Å². The number of rotatable bonds is 6. The summed E-state index contributed by atoms with van der Waals surface area (Å²) in [5, 5.41) is 0. The first kappa shape index (κ1) is 11.4. The van der Waals surface area contributed by atoms with E-state index in [4.69, 9.17) is 4.74 Å². The van der Waals surface area contributed by atoms with Gasteiger partial charge in [0.2, 0.25) is 0 Å². The largest absolute Gasteiger partial charge is 0.463 e. The van der Waals surface area contributed by atoms with E-state index in [1.807, 2.05) is 6.92 Å². The van der Waals surface area contributed by atoms with Gasteiger partial charge >= 0.3 is 5.97 Å². The Balaban J connectivity index is 3.14. The van der Waals surface area contributed by atoms with Crippen LogP contribution in [0.15, 0.2) is 0 Å². The maximum Gasteiger partial charge on any atom is 0.340 e. The van der Waals surface area contributed by atoms with Crippen LogP contribution in [0.2, 0.25) is 0 Å². The predicted molar refractivity (Wildman–Crippen MR) is 42.6 cm³/mol. The topological polar surface area (TPSA) is 35.5 Å². The van der Waals surface area contributed by atoms with Gasteiger partial charge in [-0.25, -0.2) is 9.18 Å². The van der Waals surface area contributed by atoms with Crippen LogP contribution < -0.4 is 0 Å². The number of hydrogen-bond donors (Lipinski definition) is 0. The number of esters is 1. The molecule has 0 heterocycles. The van der Waals surface area contributed by atoms with Gasteiger partial charge in [-0.05, 0) is 13.8 Å². The molecule has 3 nitrogen and oxygen atoms in total. The molecule has 0 radical (unpaired) electrons. The standard InChI is InChI=1S/C8H15FO3/c1-3-11-5-4-6-12-8(10)7(2)9/h7H,3-6H2,1-2H3. The second-order valence-electron chi connectivity index (χ2n) is 2.33. The molecule has 1 atom stereocenters. The van der Waals surface area contributed by atoms with Crippen molar-refractivity contribution < 1.29 is 18.7 Å². The van der Waals surface area contributed by atoms with Crippen molar-refractivity contribution in [2.75, 3.05) is 19.8 Å². The summed E-state index contributed by atoms with van der Waals surface area (Å²) in [4.78, 5) is 10.5. The molecular weight excluding hydrogens is 163 g/mol. The van der Waals surface area contributed by atoms with Crippen molar-refractivity contribution in [1.29, 1.82) is 0 Å². The molecule has 0 N–H and O–H groups in total. The van der Waals surface area contributed by atoms with E-state index < -0.39 is 12.1 Å². The van der Waals surface area contributed by atoms with Gasteiger partial charge in [0.1, 0.15) is 0 Å². The van der Waals surface area contributed by atoms with Gasteiger partial charge in [-0.2, -0.15) is 0 Å². The molecule has 0 aromatic heterocycles. The van der Waals surface area contributed by atoms with Gasteiger partial charge in [0.25, 0.3) is 0 Å². The number of carbonyl (C=O) groups is 1.